The predicted molar refractivity (Wildman–Crippen MR) is 174 cm³/mol. The number of pyridine rings is 1. The highest BCUT2D eigenvalue weighted by molar-refractivity contribution is 7.99. The summed E-state index contributed by atoms with van der Waals surface area (Å²) in [5, 5.41) is 12.3. The van der Waals surface area contributed by atoms with Crippen molar-refractivity contribution in [3.8, 4) is 0 Å². The molecule has 4 nitrogen and oxygen atoms in total. The zero-order valence-electron chi connectivity index (χ0n) is 24.2. The van der Waals surface area contributed by atoms with Gasteiger partial charge in [0.05, 0.1) is 16.9 Å². The maximum Gasteiger partial charge on any atom is 0.0928 e. The number of H-pyrrole nitrogens is 1. The molecule has 0 atom stereocenters. The van der Waals surface area contributed by atoms with Gasteiger partial charge in [0.2, 0.25) is 0 Å². The number of aromatic amines is 1. The Morgan fingerprint density at radius 3 is 2.33 bits per heavy atom. The van der Waals surface area contributed by atoms with Crippen LogP contribution >= 0.6 is 11.8 Å². The number of nitrogens with one attached hydrogen (secondary N) is 2. The number of hydrogen-bond donors (Lipinski definition) is 2. The Balaban J connectivity index is 0.00000106. The first-order valence-electron chi connectivity index (χ1n) is 14.0. The SMILES string of the molecule is C=C(NCc1ccc(CC)cc1)c1ccccc1Sc1ccc2c(/C=C/c3ccccn3)n[nH]c2c1.CC.CC. The molecule has 5 heteroatoms. The highest BCUT2D eigenvalue weighted by Gasteiger charge is 2.10. The topological polar surface area (TPSA) is 53.6 Å². The third kappa shape index (κ3) is 8.20. The number of hydrogen-bond acceptors (Lipinski definition) is 4. The van der Waals surface area contributed by atoms with E-state index in [9.17, 15) is 0 Å². The van der Waals surface area contributed by atoms with Crippen molar-refractivity contribution in [2.45, 2.75) is 57.4 Å². The van der Waals surface area contributed by atoms with Crippen molar-refractivity contribution in [3.05, 3.63) is 126 Å². The maximum atomic E-state index is 4.50. The van der Waals surface area contributed by atoms with Crippen LogP contribution in [-0.4, -0.2) is 15.2 Å². The Bertz CT molecular complexity index is 1500. The molecule has 5 rings (SSSR count). The smallest absolute Gasteiger partial charge is 0.0928 e. The van der Waals surface area contributed by atoms with Gasteiger partial charge < -0.3 is 5.32 Å². The van der Waals surface area contributed by atoms with Gasteiger partial charge in [0.15, 0.2) is 0 Å². The molecule has 3 aromatic carbocycles. The molecule has 2 heterocycles. The van der Waals surface area contributed by atoms with E-state index >= 15 is 0 Å². The van der Waals surface area contributed by atoms with Gasteiger partial charge in [-0.2, -0.15) is 5.10 Å². The standard InChI is InChI=1S/C31H28N4S.2C2H6/c1-3-23-11-13-24(14-12-23)21-33-22(2)27-9-4-5-10-31(27)36-26-16-17-28-29(34-35-30(28)20-26)18-15-25-8-6-7-19-32-25;2*1-2/h4-20,33H,2-3,21H2,1H3,(H,34,35);2*1-2H3/b18-15+;;. The molecule has 2 N–H and O–H groups in total. The first kappa shape index (κ1) is 30.5. The molecule has 0 aliphatic heterocycles. The van der Waals surface area contributed by atoms with Gasteiger partial charge in [-0.1, -0.05) is 101 Å². The lowest BCUT2D eigenvalue weighted by atomic mass is 10.1. The van der Waals surface area contributed by atoms with Crippen molar-refractivity contribution in [2.75, 3.05) is 0 Å². The Morgan fingerprint density at radius 1 is 0.875 bits per heavy atom. The molecule has 0 spiro atoms. The molecule has 0 fully saturated rings. The van der Waals surface area contributed by atoms with Crippen LogP contribution in [0, 0.1) is 0 Å². The Kier molecular flexibility index (Phi) is 12.3. The minimum atomic E-state index is 0.747. The lowest BCUT2D eigenvalue weighted by Gasteiger charge is -2.14. The number of aryl methyl sites for hydroxylation is 1. The number of fused-ring (bicyclic) bond motifs is 1. The van der Waals surface area contributed by atoms with Crippen LogP contribution in [0.5, 0.6) is 0 Å². The summed E-state index contributed by atoms with van der Waals surface area (Å²) < 4.78 is 0. The summed E-state index contributed by atoms with van der Waals surface area (Å²) in [5.41, 5.74) is 7.44. The van der Waals surface area contributed by atoms with Gasteiger partial charge in [0, 0.05) is 39.2 Å². The highest BCUT2D eigenvalue weighted by Crippen LogP contribution is 2.34. The Morgan fingerprint density at radius 2 is 1.60 bits per heavy atom. The largest absolute Gasteiger partial charge is 0.381 e. The molecule has 0 amide bonds. The van der Waals surface area contributed by atoms with Gasteiger partial charge in [-0.3, -0.25) is 10.1 Å². The van der Waals surface area contributed by atoms with Crippen LogP contribution in [0.25, 0.3) is 28.8 Å². The van der Waals surface area contributed by atoms with Gasteiger partial charge in [-0.05, 0) is 66.1 Å². The molecule has 206 valence electrons. The van der Waals surface area contributed by atoms with Crippen molar-refractivity contribution >= 4 is 40.5 Å². The summed E-state index contributed by atoms with van der Waals surface area (Å²) in [5.74, 6) is 0. The summed E-state index contributed by atoms with van der Waals surface area (Å²) in [6.45, 7) is 15.2. The van der Waals surface area contributed by atoms with Crippen LogP contribution in [0.1, 0.15) is 62.7 Å². The average Bonchev–Trinajstić information content (AvgIpc) is 3.44. The minimum Gasteiger partial charge on any atom is -0.381 e. The van der Waals surface area contributed by atoms with Crippen molar-refractivity contribution in [3.63, 3.8) is 0 Å². The van der Waals surface area contributed by atoms with E-state index in [1.165, 1.54) is 11.1 Å². The number of nitrogens with zero attached hydrogens (tertiary/aromatic N) is 2. The fourth-order valence-electron chi connectivity index (χ4n) is 3.98. The zero-order valence-corrected chi connectivity index (χ0v) is 25.1. The second-order valence-electron chi connectivity index (χ2n) is 8.50. The normalized spacial score (nSPS) is 10.4. The molecular weight excluding hydrogens is 508 g/mol. The van der Waals surface area contributed by atoms with E-state index in [1.807, 2.05) is 58.0 Å². The monoisotopic (exact) mass is 548 g/mol. The first-order chi connectivity index (χ1) is 19.7. The third-order valence-electron chi connectivity index (χ3n) is 6.04. The van der Waals surface area contributed by atoms with E-state index < -0.39 is 0 Å². The zero-order chi connectivity index (χ0) is 28.7. The van der Waals surface area contributed by atoms with E-state index in [2.05, 4.69) is 101 Å². The van der Waals surface area contributed by atoms with Gasteiger partial charge in [-0.15, -0.1) is 0 Å². The molecular formula is C35H40N4S. The second-order valence-corrected chi connectivity index (χ2v) is 9.62. The van der Waals surface area contributed by atoms with E-state index in [4.69, 9.17) is 0 Å². The van der Waals surface area contributed by atoms with Crippen LogP contribution in [0.15, 0.2) is 107 Å². The number of benzene rings is 3. The highest BCUT2D eigenvalue weighted by atomic mass is 32.2. The van der Waals surface area contributed by atoms with Crippen LogP contribution in [0.4, 0.5) is 0 Å². The van der Waals surface area contributed by atoms with Crippen molar-refractivity contribution in [1.29, 1.82) is 0 Å². The maximum absolute atomic E-state index is 4.50. The summed E-state index contributed by atoms with van der Waals surface area (Å²) >= 11 is 1.73. The first-order valence-corrected chi connectivity index (χ1v) is 14.9. The molecule has 0 unspecified atom stereocenters. The molecule has 0 saturated heterocycles. The molecule has 0 aliphatic carbocycles. The van der Waals surface area contributed by atoms with E-state index in [0.717, 1.165) is 56.3 Å². The molecule has 0 aliphatic rings. The molecule has 2 aromatic heterocycles. The molecule has 40 heavy (non-hydrogen) atoms. The molecule has 0 saturated carbocycles. The lowest BCUT2D eigenvalue weighted by Crippen LogP contribution is -2.11. The fraction of sp³-hybridized carbons (Fsp3) is 0.200. The Hall–Kier alpha value is -4.09. The van der Waals surface area contributed by atoms with Crippen LogP contribution in [0.3, 0.4) is 0 Å². The van der Waals surface area contributed by atoms with Crippen molar-refractivity contribution < 1.29 is 0 Å². The molecule has 0 bridgehead atoms. The lowest BCUT2D eigenvalue weighted by molar-refractivity contribution is 0.887. The van der Waals surface area contributed by atoms with E-state index in [-0.39, 0.29) is 0 Å². The van der Waals surface area contributed by atoms with Crippen LogP contribution in [0.2, 0.25) is 0 Å². The summed E-state index contributed by atoms with van der Waals surface area (Å²) in [6, 6.07) is 29.4. The third-order valence-corrected chi connectivity index (χ3v) is 7.11. The number of aromatic nitrogens is 3. The van der Waals surface area contributed by atoms with Gasteiger partial charge in [0.1, 0.15) is 0 Å². The summed E-state index contributed by atoms with van der Waals surface area (Å²) in [4.78, 5) is 6.64. The van der Waals surface area contributed by atoms with Crippen molar-refractivity contribution in [2.24, 2.45) is 0 Å². The van der Waals surface area contributed by atoms with E-state index in [1.54, 1.807) is 18.0 Å². The fourth-order valence-corrected chi connectivity index (χ4v) is 4.99. The van der Waals surface area contributed by atoms with Crippen LogP contribution < -0.4 is 5.32 Å². The Labute approximate surface area is 243 Å². The van der Waals surface area contributed by atoms with Gasteiger partial charge in [-0.25, -0.2) is 0 Å². The molecule has 0 radical (unpaired) electrons. The van der Waals surface area contributed by atoms with Crippen LogP contribution in [-0.2, 0) is 13.0 Å². The van der Waals surface area contributed by atoms with Gasteiger partial charge >= 0.3 is 0 Å². The number of rotatable bonds is 9. The quantitative estimate of drug-likeness (QED) is 0.192. The summed E-state index contributed by atoms with van der Waals surface area (Å²) in [6.07, 6.45) is 6.82. The predicted octanol–water partition coefficient (Wildman–Crippen LogP) is 9.65. The molecule has 5 aromatic rings. The van der Waals surface area contributed by atoms with Gasteiger partial charge in [0.25, 0.3) is 0 Å². The van der Waals surface area contributed by atoms with E-state index in [0.29, 0.717) is 0 Å². The second kappa shape index (κ2) is 16.1. The van der Waals surface area contributed by atoms with Crippen molar-refractivity contribution in [1.82, 2.24) is 20.5 Å². The average molecular weight is 549 g/mol. The minimum absolute atomic E-state index is 0.747. The summed E-state index contributed by atoms with van der Waals surface area (Å²) in [7, 11) is 0.